The van der Waals surface area contributed by atoms with Crippen molar-refractivity contribution >= 4 is 5.65 Å². The highest BCUT2D eigenvalue weighted by Crippen LogP contribution is 2.29. The molecule has 0 radical (unpaired) electrons. The van der Waals surface area contributed by atoms with Crippen LogP contribution in [-0.4, -0.2) is 14.4 Å². The van der Waals surface area contributed by atoms with Crippen molar-refractivity contribution in [3.63, 3.8) is 0 Å². The van der Waals surface area contributed by atoms with Crippen LogP contribution in [-0.2, 0) is 12.8 Å². The van der Waals surface area contributed by atoms with Gasteiger partial charge in [0.05, 0.1) is 5.56 Å². The van der Waals surface area contributed by atoms with Gasteiger partial charge in [-0.15, -0.1) is 0 Å². The van der Waals surface area contributed by atoms with Gasteiger partial charge in [0.1, 0.15) is 12.7 Å². The van der Waals surface area contributed by atoms with Gasteiger partial charge in [-0.3, -0.25) is 4.40 Å². The zero-order valence-corrected chi connectivity index (χ0v) is 11.6. The van der Waals surface area contributed by atoms with E-state index in [9.17, 15) is 13.2 Å². The summed E-state index contributed by atoms with van der Waals surface area (Å²) in [6.07, 6.45) is 0.309. The number of nitrogens with zero attached hydrogens (tertiary/aromatic N) is 4. The number of imidazole rings is 1. The molecular weight excluding hydrogens is 309 g/mol. The maximum atomic E-state index is 12.5. The van der Waals surface area contributed by atoms with E-state index >= 15 is 0 Å². The number of benzene rings is 1. The normalized spacial score (nSPS) is 11.4. The first-order chi connectivity index (χ1) is 11.0. The monoisotopic (exact) mass is 318 g/mol. The Hall–Kier alpha value is -3.08. The topological polar surface area (TPSA) is 63.2 Å². The second kappa shape index (κ2) is 5.61. The molecule has 3 rings (SSSR count). The third-order valence-corrected chi connectivity index (χ3v) is 3.11. The molecule has 0 spiro atoms. The standard InChI is InChI=1S/C15H9F3N4O/c16-15(17,18)11-3-1-10(2-4-11)9-23-14-13-20-5-6-22(13)8-12(7-19)21-14/h1-6,8H,9H2. The van der Waals surface area contributed by atoms with Crippen LogP contribution in [0.1, 0.15) is 16.8 Å². The number of alkyl halides is 3. The molecule has 23 heavy (non-hydrogen) atoms. The Morgan fingerprint density at radius 3 is 2.61 bits per heavy atom. The highest BCUT2D eigenvalue weighted by Gasteiger charge is 2.29. The minimum atomic E-state index is -4.37. The maximum Gasteiger partial charge on any atom is 0.416 e. The van der Waals surface area contributed by atoms with E-state index in [4.69, 9.17) is 10.00 Å². The molecule has 0 amide bonds. The van der Waals surface area contributed by atoms with Gasteiger partial charge in [0, 0.05) is 18.6 Å². The van der Waals surface area contributed by atoms with Gasteiger partial charge in [-0.1, -0.05) is 12.1 Å². The largest absolute Gasteiger partial charge is 0.470 e. The average Bonchev–Trinajstić information content (AvgIpc) is 3.00. The van der Waals surface area contributed by atoms with Crippen LogP contribution >= 0.6 is 0 Å². The zero-order chi connectivity index (χ0) is 16.4. The molecule has 0 bridgehead atoms. The summed E-state index contributed by atoms with van der Waals surface area (Å²) >= 11 is 0. The number of nitriles is 1. The van der Waals surface area contributed by atoms with Crippen LogP contribution in [0.5, 0.6) is 5.88 Å². The van der Waals surface area contributed by atoms with Crippen LogP contribution in [0.3, 0.4) is 0 Å². The summed E-state index contributed by atoms with van der Waals surface area (Å²) in [6.45, 7) is 0.0164. The lowest BCUT2D eigenvalue weighted by Gasteiger charge is -2.09. The summed E-state index contributed by atoms with van der Waals surface area (Å²) in [5.74, 6) is 0.147. The van der Waals surface area contributed by atoms with E-state index in [1.807, 2.05) is 6.07 Å². The van der Waals surface area contributed by atoms with Gasteiger partial charge in [-0.2, -0.15) is 23.4 Å². The predicted molar refractivity (Wildman–Crippen MR) is 73.5 cm³/mol. The van der Waals surface area contributed by atoms with E-state index in [0.29, 0.717) is 11.2 Å². The quantitative estimate of drug-likeness (QED) is 0.744. The van der Waals surface area contributed by atoms with E-state index in [0.717, 1.165) is 12.1 Å². The van der Waals surface area contributed by atoms with Gasteiger partial charge < -0.3 is 4.74 Å². The Kier molecular flexibility index (Phi) is 3.62. The Bertz CT molecular complexity index is 878. The minimum Gasteiger partial charge on any atom is -0.470 e. The van der Waals surface area contributed by atoms with E-state index in [1.165, 1.54) is 24.5 Å². The fraction of sp³-hybridized carbons (Fsp3) is 0.133. The van der Waals surface area contributed by atoms with Crippen molar-refractivity contribution in [1.82, 2.24) is 14.4 Å². The number of rotatable bonds is 3. The predicted octanol–water partition coefficient (Wildman–Crippen LogP) is 3.20. The van der Waals surface area contributed by atoms with Crippen LogP contribution in [0.2, 0.25) is 0 Å². The Balaban J connectivity index is 1.81. The summed E-state index contributed by atoms with van der Waals surface area (Å²) in [6, 6.07) is 6.55. The van der Waals surface area contributed by atoms with Crippen LogP contribution in [0.25, 0.3) is 5.65 Å². The van der Waals surface area contributed by atoms with Crippen LogP contribution in [0.15, 0.2) is 42.9 Å². The molecule has 1 aromatic carbocycles. The first-order valence-corrected chi connectivity index (χ1v) is 6.50. The fourth-order valence-electron chi connectivity index (χ4n) is 2.00. The van der Waals surface area contributed by atoms with Crippen molar-refractivity contribution < 1.29 is 17.9 Å². The summed E-state index contributed by atoms with van der Waals surface area (Å²) in [5, 5.41) is 8.94. The molecular formula is C15H9F3N4O. The highest BCUT2D eigenvalue weighted by molar-refractivity contribution is 5.50. The lowest BCUT2D eigenvalue weighted by Crippen LogP contribution is -2.05. The summed E-state index contributed by atoms with van der Waals surface area (Å²) < 4.78 is 44.6. The lowest BCUT2D eigenvalue weighted by molar-refractivity contribution is -0.137. The third kappa shape index (κ3) is 3.08. The smallest absolute Gasteiger partial charge is 0.416 e. The highest BCUT2D eigenvalue weighted by atomic mass is 19.4. The van der Waals surface area contributed by atoms with Gasteiger partial charge in [0.15, 0.2) is 5.69 Å². The number of aromatic nitrogens is 3. The Labute approximate surface area is 128 Å². The Morgan fingerprint density at radius 1 is 1.22 bits per heavy atom. The van der Waals surface area contributed by atoms with Crippen molar-refractivity contribution in [2.75, 3.05) is 0 Å². The molecule has 0 unspecified atom stereocenters. The van der Waals surface area contributed by atoms with Crippen molar-refractivity contribution in [2.24, 2.45) is 0 Å². The van der Waals surface area contributed by atoms with Crippen molar-refractivity contribution in [2.45, 2.75) is 12.8 Å². The Morgan fingerprint density at radius 2 is 1.96 bits per heavy atom. The van der Waals surface area contributed by atoms with Gasteiger partial charge in [-0.25, -0.2) is 4.98 Å². The molecule has 0 N–H and O–H groups in total. The molecule has 0 saturated carbocycles. The van der Waals surface area contributed by atoms with E-state index in [-0.39, 0.29) is 18.2 Å². The second-order valence-corrected chi connectivity index (χ2v) is 4.68. The minimum absolute atomic E-state index is 0.0164. The zero-order valence-electron chi connectivity index (χ0n) is 11.6. The van der Waals surface area contributed by atoms with Gasteiger partial charge in [0.25, 0.3) is 5.88 Å². The molecule has 8 heteroatoms. The van der Waals surface area contributed by atoms with E-state index in [2.05, 4.69) is 9.97 Å². The first kappa shape index (κ1) is 14.8. The third-order valence-electron chi connectivity index (χ3n) is 3.11. The molecule has 0 atom stereocenters. The molecule has 0 fully saturated rings. The van der Waals surface area contributed by atoms with Gasteiger partial charge in [0.2, 0.25) is 5.65 Å². The second-order valence-electron chi connectivity index (χ2n) is 4.68. The number of fused-ring (bicyclic) bond motifs is 1. The number of hydrogen-bond donors (Lipinski definition) is 0. The van der Waals surface area contributed by atoms with E-state index < -0.39 is 11.7 Å². The average molecular weight is 318 g/mol. The van der Waals surface area contributed by atoms with Gasteiger partial charge in [-0.05, 0) is 17.7 Å². The SMILES string of the molecule is N#Cc1cn2ccnc2c(OCc2ccc(C(F)(F)F)cc2)n1. The molecule has 5 nitrogen and oxygen atoms in total. The van der Waals surface area contributed by atoms with E-state index in [1.54, 1.807) is 10.6 Å². The summed E-state index contributed by atoms with van der Waals surface area (Å²) in [5.41, 5.74) is 0.405. The van der Waals surface area contributed by atoms with Crippen molar-refractivity contribution in [1.29, 1.82) is 5.26 Å². The maximum absolute atomic E-state index is 12.5. The van der Waals surface area contributed by atoms with Crippen molar-refractivity contribution in [3.8, 4) is 11.9 Å². The first-order valence-electron chi connectivity index (χ1n) is 6.50. The molecule has 116 valence electrons. The molecule has 0 aliphatic rings. The molecule has 0 aliphatic carbocycles. The lowest BCUT2D eigenvalue weighted by atomic mass is 10.1. The van der Waals surface area contributed by atoms with Crippen molar-refractivity contribution in [3.05, 3.63) is 59.7 Å². The fourth-order valence-corrected chi connectivity index (χ4v) is 2.00. The molecule has 3 aromatic rings. The number of hydrogen-bond acceptors (Lipinski definition) is 4. The van der Waals surface area contributed by atoms with Crippen LogP contribution < -0.4 is 4.74 Å². The van der Waals surface area contributed by atoms with Crippen LogP contribution in [0, 0.1) is 11.3 Å². The summed E-state index contributed by atoms with van der Waals surface area (Å²) in [7, 11) is 0. The number of halogens is 3. The molecule has 0 aliphatic heterocycles. The molecule has 0 saturated heterocycles. The summed E-state index contributed by atoms with van der Waals surface area (Å²) in [4.78, 5) is 8.09. The number of ether oxygens (including phenoxy) is 1. The molecule has 2 aromatic heterocycles. The van der Waals surface area contributed by atoms with Gasteiger partial charge >= 0.3 is 6.18 Å². The van der Waals surface area contributed by atoms with Crippen LogP contribution in [0.4, 0.5) is 13.2 Å². The molecule has 2 heterocycles.